The lowest BCUT2D eigenvalue weighted by molar-refractivity contribution is -0.134. The molecule has 2 N–H and O–H groups in total. The average molecular weight is 234 g/mol. The summed E-state index contributed by atoms with van der Waals surface area (Å²) in [6.07, 6.45) is 2.52. The molecular formula is C13H18N2O2. The van der Waals surface area contributed by atoms with Gasteiger partial charge in [0.2, 0.25) is 0 Å². The van der Waals surface area contributed by atoms with Gasteiger partial charge in [-0.3, -0.25) is 4.79 Å². The molecule has 0 spiro atoms. The molecule has 0 unspecified atom stereocenters. The third kappa shape index (κ3) is 2.90. The van der Waals surface area contributed by atoms with Gasteiger partial charge in [0.05, 0.1) is 0 Å². The largest absolute Gasteiger partial charge is 0.480 e. The molecule has 0 aromatic heterocycles. The van der Waals surface area contributed by atoms with Gasteiger partial charge in [-0.15, -0.1) is 0 Å². The number of hydrogen-bond acceptors (Lipinski definition) is 3. The minimum Gasteiger partial charge on any atom is -0.480 e. The van der Waals surface area contributed by atoms with Gasteiger partial charge in [0, 0.05) is 24.5 Å². The first kappa shape index (κ1) is 11.8. The molecule has 0 atom stereocenters. The third-order valence-electron chi connectivity index (χ3n) is 3.09. The Balaban J connectivity index is 2.08. The summed E-state index contributed by atoms with van der Waals surface area (Å²) in [5.74, 6) is -0.841. The van der Waals surface area contributed by atoms with Crippen molar-refractivity contribution >= 4 is 17.3 Å². The number of nitrogens with one attached hydrogen (secondary N) is 1. The van der Waals surface area contributed by atoms with Crippen molar-refractivity contribution in [3.8, 4) is 0 Å². The zero-order valence-corrected chi connectivity index (χ0v) is 10.1. The van der Waals surface area contributed by atoms with E-state index in [1.807, 2.05) is 12.1 Å². The lowest BCUT2D eigenvalue weighted by Crippen LogP contribution is -2.19. The summed E-state index contributed by atoms with van der Waals surface area (Å²) >= 11 is 0. The number of carboxylic acid groups (broad SMARTS) is 1. The Morgan fingerprint density at radius 1 is 1.41 bits per heavy atom. The van der Waals surface area contributed by atoms with Gasteiger partial charge in [0.15, 0.2) is 0 Å². The molecule has 17 heavy (non-hydrogen) atoms. The van der Waals surface area contributed by atoms with E-state index < -0.39 is 5.97 Å². The van der Waals surface area contributed by atoms with Gasteiger partial charge in [0.1, 0.15) is 6.54 Å². The van der Waals surface area contributed by atoms with Crippen LogP contribution in [-0.4, -0.2) is 30.7 Å². The van der Waals surface area contributed by atoms with Crippen LogP contribution in [0.3, 0.4) is 0 Å². The third-order valence-corrected chi connectivity index (χ3v) is 3.09. The van der Waals surface area contributed by atoms with E-state index in [-0.39, 0.29) is 6.54 Å². The molecule has 0 radical (unpaired) electrons. The zero-order valence-electron chi connectivity index (χ0n) is 10.1. The van der Waals surface area contributed by atoms with Crippen molar-refractivity contribution in [1.82, 2.24) is 0 Å². The van der Waals surface area contributed by atoms with Crippen molar-refractivity contribution < 1.29 is 9.90 Å². The summed E-state index contributed by atoms with van der Waals surface area (Å²) < 4.78 is 0. The van der Waals surface area contributed by atoms with Crippen LogP contribution in [0.4, 0.5) is 11.4 Å². The molecule has 1 saturated heterocycles. The van der Waals surface area contributed by atoms with Gasteiger partial charge in [0.25, 0.3) is 0 Å². The van der Waals surface area contributed by atoms with Gasteiger partial charge >= 0.3 is 5.97 Å². The number of nitrogens with zero attached hydrogens (tertiary/aromatic N) is 1. The van der Waals surface area contributed by atoms with Gasteiger partial charge in [-0.05, 0) is 43.5 Å². The normalized spacial score (nSPS) is 15.0. The predicted octanol–water partition coefficient (Wildman–Crippen LogP) is 2.09. The topological polar surface area (TPSA) is 52.6 Å². The number of hydrogen-bond donors (Lipinski definition) is 2. The Kier molecular flexibility index (Phi) is 3.52. The van der Waals surface area contributed by atoms with Crippen LogP contribution in [0.1, 0.15) is 18.4 Å². The highest BCUT2D eigenvalue weighted by molar-refractivity contribution is 5.73. The fraction of sp³-hybridized carbons (Fsp3) is 0.462. The molecule has 4 nitrogen and oxygen atoms in total. The molecule has 1 aliphatic heterocycles. The highest BCUT2D eigenvalue weighted by Gasteiger charge is 2.14. The number of benzene rings is 1. The number of carbonyl (C=O) groups is 1. The molecule has 2 rings (SSSR count). The number of rotatable bonds is 4. The number of carboxylic acids is 1. The summed E-state index contributed by atoms with van der Waals surface area (Å²) in [6.45, 7) is 4.29. The van der Waals surface area contributed by atoms with E-state index in [9.17, 15) is 4.79 Å². The van der Waals surface area contributed by atoms with E-state index in [0.717, 1.165) is 18.8 Å². The Morgan fingerprint density at radius 2 is 2.12 bits per heavy atom. The van der Waals surface area contributed by atoms with E-state index in [1.165, 1.54) is 24.1 Å². The fourth-order valence-electron chi connectivity index (χ4n) is 2.26. The molecule has 4 heteroatoms. The smallest absolute Gasteiger partial charge is 0.322 e. The van der Waals surface area contributed by atoms with E-state index in [1.54, 1.807) is 0 Å². The monoisotopic (exact) mass is 234 g/mol. The summed E-state index contributed by atoms with van der Waals surface area (Å²) in [5, 5.41) is 11.5. The van der Waals surface area contributed by atoms with Gasteiger partial charge in [-0.2, -0.15) is 0 Å². The molecule has 1 aromatic rings. The lowest BCUT2D eigenvalue weighted by Gasteiger charge is -2.20. The van der Waals surface area contributed by atoms with Crippen molar-refractivity contribution in [2.24, 2.45) is 0 Å². The maximum absolute atomic E-state index is 10.5. The predicted molar refractivity (Wildman–Crippen MR) is 68.8 cm³/mol. The second-order valence-electron chi connectivity index (χ2n) is 4.44. The van der Waals surface area contributed by atoms with Crippen LogP contribution in [0.15, 0.2) is 18.2 Å². The second-order valence-corrected chi connectivity index (χ2v) is 4.44. The first-order chi connectivity index (χ1) is 8.16. The molecule has 1 aliphatic rings. The first-order valence-electron chi connectivity index (χ1n) is 5.98. The highest BCUT2D eigenvalue weighted by atomic mass is 16.4. The Hall–Kier alpha value is -1.71. The maximum Gasteiger partial charge on any atom is 0.322 e. The lowest BCUT2D eigenvalue weighted by atomic mass is 10.1. The molecule has 0 saturated carbocycles. The maximum atomic E-state index is 10.5. The van der Waals surface area contributed by atoms with Gasteiger partial charge < -0.3 is 15.3 Å². The van der Waals surface area contributed by atoms with Crippen molar-refractivity contribution in [2.75, 3.05) is 29.9 Å². The minimum atomic E-state index is -0.841. The number of aliphatic carboxylic acids is 1. The minimum absolute atomic E-state index is 0.0392. The number of anilines is 2. The summed E-state index contributed by atoms with van der Waals surface area (Å²) in [5.41, 5.74) is 3.33. The van der Waals surface area contributed by atoms with Crippen LogP contribution >= 0.6 is 0 Å². The summed E-state index contributed by atoms with van der Waals surface area (Å²) in [4.78, 5) is 12.8. The molecule has 0 aliphatic carbocycles. The molecule has 92 valence electrons. The SMILES string of the molecule is Cc1cc(NCC(=O)O)ccc1N1CCCC1. The molecule has 0 amide bonds. The Labute approximate surface area is 101 Å². The fourth-order valence-corrected chi connectivity index (χ4v) is 2.26. The molecular weight excluding hydrogens is 216 g/mol. The molecule has 1 aromatic carbocycles. The van der Waals surface area contributed by atoms with Gasteiger partial charge in [-0.25, -0.2) is 0 Å². The van der Waals surface area contributed by atoms with Crippen LogP contribution in [-0.2, 0) is 4.79 Å². The number of aryl methyl sites for hydroxylation is 1. The Morgan fingerprint density at radius 3 is 2.71 bits per heavy atom. The van der Waals surface area contributed by atoms with E-state index in [0.29, 0.717) is 0 Å². The Bertz CT molecular complexity index is 412. The quantitative estimate of drug-likeness (QED) is 0.837. The van der Waals surface area contributed by atoms with Gasteiger partial charge in [-0.1, -0.05) is 0 Å². The van der Waals surface area contributed by atoms with Crippen LogP contribution in [0.5, 0.6) is 0 Å². The highest BCUT2D eigenvalue weighted by Crippen LogP contribution is 2.26. The van der Waals surface area contributed by atoms with Crippen molar-refractivity contribution in [1.29, 1.82) is 0 Å². The van der Waals surface area contributed by atoms with Crippen molar-refractivity contribution in [3.05, 3.63) is 23.8 Å². The first-order valence-corrected chi connectivity index (χ1v) is 5.98. The van der Waals surface area contributed by atoms with Crippen LogP contribution in [0.25, 0.3) is 0 Å². The summed E-state index contributed by atoms with van der Waals surface area (Å²) in [7, 11) is 0. The molecule has 0 bridgehead atoms. The summed E-state index contributed by atoms with van der Waals surface area (Å²) in [6, 6.07) is 6.03. The van der Waals surface area contributed by atoms with Crippen molar-refractivity contribution in [3.63, 3.8) is 0 Å². The zero-order chi connectivity index (χ0) is 12.3. The van der Waals surface area contributed by atoms with Crippen LogP contribution < -0.4 is 10.2 Å². The molecule has 1 fully saturated rings. The van der Waals surface area contributed by atoms with Crippen LogP contribution in [0.2, 0.25) is 0 Å². The van der Waals surface area contributed by atoms with E-state index in [4.69, 9.17) is 5.11 Å². The molecule has 1 heterocycles. The van der Waals surface area contributed by atoms with E-state index >= 15 is 0 Å². The van der Waals surface area contributed by atoms with Crippen molar-refractivity contribution in [2.45, 2.75) is 19.8 Å². The standard InChI is InChI=1S/C13H18N2O2/c1-10-8-11(14-9-13(16)17)4-5-12(10)15-6-2-3-7-15/h4-5,8,14H,2-3,6-7,9H2,1H3,(H,16,17). The average Bonchev–Trinajstić information content (AvgIpc) is 2.79. The van der Waals surface area contributed by atoms with Crippen LogP contribution in [0, 0.1) is 6.92 Å². The second kappa shape index (κ2) is 5.08. The van der Waals surface area contributed by atoms with E-state index in [2.05, 4.69) is 23.2 Å².